The summed E-state index contributed by atoms with van der Waals surface area (Å²) in [7, 11) is 1.78. The summed E-state index contributed by atoms with van der Waals surface area (Å²) in [5.74, 6) is 0. The fourth-order valence-corrected chi connectivity index (χ4v) is 2.59. The molecular weight excluding hydrogens is 248 g/mol. The Labute approximate surface area is 122 Å². The van der Waals surface area contributed by atoms with Crippen LogP contribution in [0.1, 0.15) is 36.8 Å². The average molecular weight is 274 g/mol. The zero-order valence-corrected chi connectivity index (χ0v) is 12.5. The van der Waals surface area contributed by atoms with E-state index < -0.39 is 0 Å². The fraction of sp³-hybridized carbons (Fsp3) is 0.647. The van der Waals surface area contributed by atoms with Crippen molar-refractivity contribution in [2.24, 2.45) is 0 Å². The maximum atomic E-state index is 5.22. The van der Waals surface area contributed by atoms with Crippen molar-refractivity contribution in [3.05, 3.63) is 35.4 Å². The van der Waals surface area contributed by atoms with Crippen LogP contribution in [0.4, 0.5) is 0 Å². The number of benzene rings is 1. The van der Waals surface area contributed by atoms with Crippen molar-refractivity contribution in [1.82, 2.24) is 10.2 Å². The van der Waals surface area contributed by atoms with Crippen LogP contribution in [-0.2, 0) is 17.8 Å². The molecule has 3 nitrogen and oxygen atoms in total. The van der Waals surface area contributed by atoms with Crippen LogP contribution in [0.25, 0.3) is 0 Å². The van der Waals surface area contributed by atoms with Crippen LogP contribution in [0, 0.1) is 0 Å². The van der Waals surface area contributed by atoms with Gasteiger partial charge in [0.15, 0.2) is 0 Å². The normalized spacial score (nSPS) is 18.7. The van der Waals surface area contributed by atoms with Gasteiger partial charge in [-0.3, -0.25) is 4.90 Å². The van der Waals surface area contributed by atoms with Crippen molar-refractivity contribution in [3.63, 3.8) is 0 Å². The topological polar surface area (TPSA) is 24.5 Å². The van der Waals surface area contributed by atoms with Gasteiger partial charge < -0.3 is 10.1 Å². The number of hydrogen-bond donors (Lipinski definition) is 1. The third-order valence-corrected chi connectivity index (χ3v) is 4.23. The molecule has 110 valence electrons. The summed E-state index contributed by atoms with van der Waals surface area (Å²) < 4.78 is 5.22. The number of hydrogen-bond acceptors (Lipinski definition) is 3. The van der Waals surface area contributed by atoms with Gasteiger partial charge in [-0.1, -0.05) is 24.3 Å². The number of nitrogens with zero attached hydrogens (tertiary/aromatic N) is 1. The minimum atomic E-state index is 0.786. The minimum Gasteiger partial charge on any atom is -0.383 e. The lowest BCUT2D eigenvalue weighted by atomic mass is 10.1. The molecule has 1 aromatic rings. The van der Waals surface area contributed by atoms with E-state index in [0.717, 1.165) is 38.3 Å². The predicted octanol–water partition coefficient (Wildman–Crippen LogP) is 2.55. The van der Waals surface area contributed by atoms with Crippen LogP contribution in [-0.4, -0.2) is 37.2 Å². The second kappa shape index (κ2) is 6.70. The Hall–Kier alpha value is -0.900. The zero-order chi connectivity index (χ0) is 13.8. The lowest BCUT2D eigenvalue weighted by molar-refractivity contribution is 0.139. The second-order valence-electron chi connectivity index (χ2n) is 6.17. The Morgan fingerprint density at radius 3 is 2.40 bits per heavy atom. The molecule has 0 aliphatic heterocycles. The Bertz CT molecular complexity index is 410. The van der Waals surface area contributed by atoms with Gasteiger partial charge in [-0.15, -0.1) is 0 Å². The highest BCUT2D eigenvalue weighted by molar-refractivity contribution is 5.22. The summed E-state index contributed by atoms with van der Waals surface area (Å²) in [4.78, 5) is 2.56. The molecule has 2 saturated carbocycles. The van der Waals surface area contributed by atoms with Crippen molar-refractivity contribution in [3.8, 4) is 0 Å². The van der Waals surface area contributed by atoms with E-state index in [-0.39, 0.29) is 0 Å². The van der Waals surface area contributed by atoms with Gasteiger partial charge in [0, 0.05) is 38.8 Å². The molecular formula is C17H26N2O. The third kappa shape index (κ3) is 4.30. The number of nitrogens with one attached hydrogen (secondary N) is 1. The SMILES string of the molecule is COCCN(Cc1ccc(CNC2CC2)cc1)C1CC1. The van der Waals surface area contributed by atoms with Gasteiger partial charge in [-0.05, 0) is 36.8 Å². The van der Waals surface area contributed by atoms with E-state index in [2.05, 4.69) is 34.5 Å². The molecule has 0 radical (unpaired) electrons. The van der Waals surface area contributed by atoms with Crippen LogP contribution in [0.3, 0.4) is 0 Å². The summed E-state index contributed by atoms with van der Waals surface area (Å²) in [6.45, 7) is 3.96. The summed E-state index contributed by atoms with van der Waals surface area (Å²) in [5.41, 5.74) is 2.82. The monoisotopic (exact) mass is 274 g/mol. The van der Waals surface area contributed by atoms with E-state index in [9.17, 15) is 0 Å². The van der Waals surface area contributed by atoms with E-state index in [0.29, 0.717) is 0 Å². The number of rotatable bonds is 9. The molecule has 0 atom stereocenters. The Morgan fingerprint density at radius 1 is 1.10 bits per heavy atom. The van der Waals surface area contributed by atoms with E-state index in [1.165, 1.54) is 36.8 Å². The molecule has 2 fully saturated rings. The molecule has 0 spiro atoms. The van der Waals surface area contributed by atoms with Crippen LogP contribution in [0.15, 0.2) is 24.3 Å². The van der Waals surface area contributed by atoms with Crippen LogP contribution in [0.2, 0.25) is 0 Å². The summed E-state index contributed by atoms with van der Waals surface area (Å²) in [6, 6.07) is 10.7. The Balaban J connectivity index is 1.50. The molecule has 2 aliphatic carbocycles. The largest absolute Gasteiger partial charge is 0.383 e. The van der Waals surface area contributed by atoms with Crippen molar-refractivity contribution < 1.29 is 4.74 Å². The molecule has 0 unspecified atom stereocenters. The quantitative estimate of drug-likeness (QED) is 0.749. The van der Waals surface area contributed by atoms with E-state index in [1.54, 1.807) is 7.11 Å². The zero-order valence-electron chi connectivity index (χ0n) is 12.5. The first-order valence-corrected chi connectivity index (χ1v) is 7.89. The van der Waals surface area contributed by atoms with Crippen molar-refractivity contribution >= 4 is 0 Å². The minimum absolute atomic E-state index is 0.786. The molecule has 2 aliphatic rings. The number of ether oxygens (including phenoxy) is 1. The highest BCUT2D eigenvalue weighted by atomic mass is 16.5. The molecule has 20 heavy (non-hydrogen) atoms. The Kier molecular flexibility index (Phi) is 4.71. The van der Waals surface area contributed by atoms with Crippen molar-refractivity contribution in [2.45, 2.75) is 50.9 Å². The average Bonchev–Trinajstić information content (AvgIpc) is 3.36. The van der Waals surface area contributed by atoms with Crippen LogP contribution < -0.4 is 5.32 Å². The van der Waals surface area contributed by atoms with Gasteiger partial charge in [0.25, 0.3) is 0 Å². The van der Waals surface area contributed by atoms with Crippen molar-refractivity contribution in [1.29, 1.82) is 0 Å². The highest BCUT2D eigenvalue weighted by Gasteiger charge is 2.28. The van der Waals surface area contributed by atoms with Gasteiger partial charge in [-0.2, -0.15) is 0 Å². The lowest BCUT2D eigenvalue weighted by Gasteiger charge is -2.21. The van der Waals surface area contributed by atoms with Gasteiger partial charge in [-0.25, -0.2) is 0 Å². The molecule has 0 heterocycles. The van der Waals surface area contributed by atoms with E-state index >= 15 is 0 Å². The third-order valence-electron chi connectivity index (χ3n) is 4.23. The molecule has 3 heteroatoms. The van der Waals surface area contributed by atoms with Gasteiger partial charge >= 0.3 is 0 Å². The molecule has 1 N–H and O–H groups in total. The van der Waals surface area contributed by atoms with Gasteiger partial charge in [0.1, 0.15) is 0 Å². The maximum Gasteiger partial charge on any atom is 0.0589 e. The summed E-state index contributed by atoms with van der Waals surface area (Å²) in [5, 5.41) is 3.56. The summed E-state index contributed by atoms with van der Waals surface area (Å²) in [6.07, 6.45) is 5.42. The lowest BCUT2D eigenvalue weighted by Crippen LogP contribution is -2.29. The first-order valence-electron chi connectivity index (χ1n) is 7.89. The molecule has 0 bridgehead atoms. The van der Waals surface area contributed by atoms with Crippen LogP contribution >= 0.6 is 0 Å². The standard InChI is InChI=1S/C17H26N2O/c1-20-11-10-19(17-8-9-17)13-15-4-2-14(3-5-15)12-18-16-6-7-16/h2-5,16-18H,6-13H2,1H3. The van der Waals surface area contributed by atoms with Crippen LogP contribution in [0.5, 0.6) is 0 Å². The summed E-state index contributed by atoms with van der Waals surface area (Å²) >= 11 is 0. The highest BCUT2D eigenvalue weighted by Crippen LogP contribution is 2.28. The van der Waals surface area contributed by atoms with E-state index in [4.69, 9.17) is 4.74 Å². The first-order chi connectivity index (χ1) is 9.85. The molecule has 0 amide bonds. The van der Waals surface area contributed by atoms with Gasteiger partial charge in [0.05, 0.1) is 6.61 Å². The molecule has 0 saturated heterocycles. The number of methoxy groups -OCH3 is 1. The fourth-order valence-electron chi connectivity index (χ4n) is 2.59. The first kappa shape index (κ1) is 14.1. The molecule has 3 rings (SSSR count). The maximum absolute atomic E-state index is 5.22. The molecule has 0 aromatic heterocycles. The Morgan fingerprint density at radius 2 is 1.80 bits per heavy atom. The predicted molar refractivity (Wildman–Crippen MR) is 81.6 cm³/mol. The van der Waals surface area contributed by atoms with E-state index in [1.807, 2.05) is 0 Å². The smallest absolute Gasteiger partial charge is 0.0589 e. The van der Waals surface area contributed by atoms with Gasteiger partial charge in [0.2, 0.25) is 0 Å². The second-order valence-corrected chi connectivity index (χ2v) is 6.17. The molecule has 1 aromatic carbocycles. The van der Waals surface area contributed by atoms with Crippen molar-refractivity contribution in [2.75, 3.05) is 20.3 Å².